The van der Waals surface area contributed by atoms with E-state index in [0.717, 1.165) is 24.6 Å². The van der Waals surface area contributed by atoms with Gasteiger partial charge < -0.3 is 19.3 Å². The fourth-order valence-corrected chi connectivity index (χ4v) is 3.74. The molecule has 0 aromatic heterocycles. The summed E-state index contributed by atoms with van der Waals surface area (Å²) in [5.41, 5.74) is 5.24. The third kappa shape index (κ3) is 4.91. The first-order chi connectivity index (χ1) is 15.5. The van der Waals surface area contributed by atoms with Crippen LogP contribution in [-0.4, -0.2) is 74.2 Å². The minimum Gasteiger partial charge on any atom is -0.434 e. The van der Waals surface area contributed by atoms with E-state index in [0.29, 0.717) is 30.2 Å². The van der Waals surface area contributed by atoms with E-state index in [4.69, 9.17) is 14.5 Å². The molecular weight excluding hydrogens is 406 g/mol. The van der Waals surface area contributed by atoms with E-state index >= 15 is 0 Å². The van der Waals surface area contributed by atoms with Gasteiger partial charge in [0.1, 0.15) is 0 Å². The van der Waals surface area contributed by atoms with E-state index in [1.807, 2.05) is 80.5 Å². The molecule has 0 saturated carbocycles. The number of carbonyl (C=O) groups is 1. The molecule has 2 aromatic rings. The van der Waals surface area contributed by atoms with Gasteiger partial charge in [0.25, 0.3) is 6.35 Å². The van der Waals surface area contributed by atoms with E-state index in [1.165, 1.54) is 0 Å². The summed E-state index contributed by atoms with van der Waals surface area (Å²) in [6.45, 7) is 4.95. The van der Waals surface area contributed by atoms with Crippen molar-refractivity contribution in [1.82, 2.24) is 15.2 Å². The topological polar surface area (TPSA) is 78.8 Å². The number of benzene rings is 2. The average Bonchev–Trinajstić information content (AvgIpc) is 3.31. The molecule has 0 radical (unpaired) electrons. The lowest BCUT2D eigenvalue weighted by molar-refractivity contribution is 0.0624. The molecule has 2 atom stereocenters. The Bertz CT molecular complexity index is 1000. The lowest BCUT2D eigenvalue weighted by atomic mass is 9.95. The van der Waals surface area contributed by atoms with Gasteiger partial charge in [-0.3, -0.25) is 4.79 Å². The van der Waals surface area contributed by atoms with Crippen LogP contribution in [0.1, 0.15) is 34.3 Å². The Hall–Kier alpha value is -3.39. The van der Waals surface area contributed by atoms with Gasteiger partial charge >= 0.3 is 0 Å². The van der Waals surface area contributed by atoms with Gasteiger partial charge in [-0.15, -0.1) is 5.10 Å². The zero-order chi connectivity index (χ0) is 22.5. The number of guanidine groups is 1. The predicted molar refractivity (Wildman–Crippen MR) is 124 cm³/mol. The van der Waals surface area contributed by atoms with Crippen molar-refractivity contribution in [2.45, 2.75) is 19.2 Å². The molecule has 0 bridgehead atoms. The molecule has 0 amide bonds. The number of hydrogen-bond acceptors (Lipinski definition) is 6. The lowest BCUT2D eigenvalue weighted by Gasteiger charge is -2.33. The van der Waals surface area contributed by atoms with Crippen LogP contribution >= 0.6 is 0 Å². The number of rotatable bonds is 5. The van der Waals surface area contributed by atoms with Gasteiger partial charge in [0, 0.05) is 38.3 Å². The summed E-state index contributed by atoms with van der Waals surface area (Å²) in [4.78, 5) is 21.7. The van der Waals surface area contributed by atoms with Crippen molar-refractivity contribution in [2.24, 2.45) is 10.1 Å². The molecule has 168 valence electrons. The number of nitrogens with zero attached hydrogens (tertiary/aromatic N) is 4. The third-order valence-corrected chi connectivity index (χ3v) is 5.50. The van der Waals surface area contributed by atoms with Crippen molar-refractivity contribution in [3.63, 3.8) is 0 Å². The normalized spacial score (nSPS) is 19.6. The molecule has 2 aliphatic heterocycles. The van der Waals surface area contributed by atoms with Crippen molar-refractivity contribution >= 4 is 17.6 Å². The zero-order valence-electron chi connectivity index (χ0n) is 18.7. The number of ketones is 1. The van der Waals surface area contributed by atoms with E-state index in [2.05, 4.69) is 15.4 Å². The molecule has 0 spiro atoms. The Labute approximate surface area is 188 Å². The molecule has 2 heterocycles. The summed E-state index contributed by atoms with van der Waals surface area (Å²) in [6.07, 6.45) is -0.596. The van der Waals surface area contributed by atoms with Crippen LogP contribution in [0.15, 0.2) is 64.7 Å². The highest BCUT2D eigenvalue weighted by Crippen LogP contribution is 2.23. The Morgan fingerprint density at radius 1 is 1.12 bits per heavy atom. The maximum atomic E-state index is 12.8. The van der Waals surface area contributed by atoms with Crippen LogP contribution in [0, 0.1) is 0 Å². The van der Waals surface area contributed by atoms with Gasteiger partial charge in [0.15, 0.2) is 5.78 Å². The molecule has 1 fully saturated rings. The molecule has 8 heteroatoms. The fraction of sp³-hybridized carbons (Fsp3) is 0.375. The van der Waals surface area contributed by atoms with Crippen LogP contribution in [0.25, 0.3) is 0 Å². The Morgan fingerprint density at radius 2 is 1.84 bits per heavy atom. The quantitative estimate of drug-likeness (QED) is 0.442. The second-order valence-corrected chi connectivity index (χ2v) is 8.01. The molecule has 0 aliphatic carbocycles. The Kier molecular flexibility index (Phi) is 6.70. The van der Waals surface area contributed by atoms with Crippen molar-refractivity contribution in [3.8, 4) is 0 Å². The van der Waals surface area contributed by atoms with E-state index in [1.54, 1.807) is 0 Å². The number of hydrazone groups is 1. The summed E-state index contributed by atoms with van der Waals surface area (Å²) in [7, 11) is 3.92. The SMILES string of the molecule is CC(C1=NNC(/N=C(\N(C)C)N2CCOCC2)O1)c1cccc(C(=O)c2ccccc2)c1. The molecule has 2 aliphatic rings. The molecule has 2 unspecified atom stereocenters. The van der Waals surface area contributed by atoms with E-state index in [9.17, 15) is 4.79 Å². The smallest absolute Gasteiger partial charge is 0.287 e. The average molecular weight is 436 g/mol. The monoisotopic (exact) mass is 435 g/mol. The van der Waals surface area contributed by atoms with Crippen LogP contribution in [0.4, 0.5) is 0 Å². The number of ether oxygens (including phenoxy) is 2. The fourth-order valence-electron chi connectivity index (χ4n) is 3.74. The largest absolute Gasteiger partial charge is 0.434 e. The van der Waals surface area contributed by atoms with Gasteiger partial charge in [-0.25, -0.2) is 5.43 Å². The molecule has 1 saturated heterocycles. The second-order valence-electron chi connectivity index (χ2n) is 8.01. The number of nitrogens with one attached hydrogen (secondary N) is 1. The number of carbonyl (C=O) groups excluding carboxylic acids is 1. The first-order valence-electron chi connectivity index (χ1n) is 10.8. The van der Waals surface area contributed by atoms with Gasteiger partial charge in [0.05, 0.1) is 19.1 Å². The lowest BCUT2D eigenvalue weighted by Crippen LogP contribution is -2.47. The number of hydrogen-bond donors (Lipinski definition) is 1. The predicted octanol–water partition coefficient (Wildman–Crippen LogP) is 2.49. The van der Waals surface area contributed by atoms with E-state index < -0.39 is 6.35 Å². The summed E-state index contributed by atoms with van der Waals surface area (Å²) in [5, 5.41) is 4.37. The van der Waals surface area contributed by atoms with Crippen molar-refractivity contribution in [1.29, 1.82) is 0 Å². The summed E-state index contributed by atoms with van der Waals surface area (Å²) in [5.74, 6) is 1.24. The summed E-state index contributed by atoms with van der Waals surface area (Å²) < 4.78 is 11.5. The molecule has 8 nitrogen and oxygen atoms in total. The Balaban J connectivity index is 1.45. The highest BCUT2D eigenvalue weighted by atomic mass is 16.5. The first-order valence-corrected chi connectivity index (χ1v) is 10.8. The maximum absolute atomic E-state index is 12.8. The zero-order valence-corrected chi connectivity index (χ0v) is 18.7. The standard InChI is InChI=1S/C24H29N5O3/c1-17(19-10-7-11-20(16-19)21(30)18-8-5-4-6-9-18)22-26-27-23(32-22)25-24(28(2)3)29-12-14-31-15-13-29/h4-11,16-17,23,27H,12-15H2,1-3H3/b25-24+. The van der Waals surface area contributed by atoms with Crippen LogP contribution in [0.3, 0.4) is 0 Å². The maximum Gasteiger partial charge on any atom is 0.287 e. The summed E-state index contributed by atoms with van der Waals surface area (Å²) in [6, 6.07) is 16.9. The van der Waals surface area contributed by atoms with Gasteiger partial charge in [0.2, 0.25) is 11.9 Å². The molecule has 4 rings (SSSR count). The van der Waals surface area contributed by atoms with Gasteiger partial charge in [-0.1, -0.05) is 48.5 Å². The van der Waals surface area contributed by atoms with Crippen molar-refractivity contribution in [2.75, 3.05) is 40.4 Å². The third-order valence-electron chi connectivity index (χ3n) is 5.50. The van der Waals surface area contributed by atoms with Gasteiger partial charge in [-0.05, 0) is 18.6 Å². The molecular formula is C24H29N5O3. The molecule has 1 N–H and O–H groups in total. The van der Waals surface area contributed by atoms with Crippen LogP contribution in [0.5, 0.6) is 0 Å². The minimum atomic E-state index is -0.596. The highest BCUT2D eigenvalue weighted by molar-refractivity contribution is 6.09. The van der Waals surface area contributed by atoms with Crippen LogP contribution in [0.2, 0.25) is 0 Å². The van der Waals surface area contributed by atoms with Crippen molar-refractivity contribution < 1.29 is 14.3 Å². The first kappa shape index (κ1) is 21.8. The van der Waals surface area contributed by atoms with Gasteiger partial charge in [-0.2, -0.15) is 4.99 Å². The summed E-state index contributed by atoms with van der Waals surface area (Å²) >= 11 is 0. The number of morpholine rings is 1. The van der Waals surface area contributed by atoms with Crippen LogP contribution in [-0.2, 0) is 9.47 Å². The molecule has 32 heavy (non-hydrogen) atoms. The van der Waals surface area contributed by atoms with E-state index in [-0.39, 0.29) is 11.7 Å². The second kappa shape index (κ2) is 9.82. The minimum absolute atomic E-state index is 0.00401. The highest BCUT2D eigenvalue weighted by Gasteiger charge is 2.27. The number of aliphatic imine (C=N–C) groups is 1. The molecule has 2 aromatic carbocycles. The Morgan fingerprint density at radius 3 is 2.56 bits per heavy atom. The van der Waals surface area contributed by atoms with Crippen LogP contribution < -0.4 is 5.43 Å². The van der Waals surface area contributed by atoms with Crippen molar-refractivity contribution in [3.05, 3.63) is 71.3 Å².